The quantitative estimate of drug-likeness (QED) is 0.750. The van der Waals surface area contributed by atoms with E-state index >= 15 is 0 Å². The van der Waals surface area contributed by atoms with Crippen LogP contribution in [0, 0.1) is 0 Å². The predicted octanol–water partition coefficient (Wildman–Crippen LogP) is 3.47. The number of halogens is 1. The molecule has 94 valence electrons. The zero-order chi connectivity index (χ0) is 13.2. The molecule has 0 bridgehead atoms. The summed E-state index contributed by atoms with van der Waals surface area (Å²) in [6.07, 6.45) is 0. The Morgan fingerprint density at radius 3 is 2.74 bits per heavy atom. The molecule has 4 nitrogen and oxygen atoms in total. The molecule has 3 aromatic rings. The van der Waals surface area contributed by atoms with Gasteiger partial charge in [0.1, 0.15) is 0 Å². The number of aromatic nitrogens is 2. The van der Waals surface area contributed by atoms with E-state index in [1.165, 1.54) is 0 Å². The summed E-state index contributed by atoms with van der Waals surface area (Å²) < 4.78 is 0. The molecule has 0 aliphatic heterocycles. The molecule has 0 radical (unpaired) electrons. The summed E-state index contributed by atoms with van der Waals surface area (Å²) in [5.41, 5.74) is 2.18. The van der Waals surface area contributed by atoms with Gasteiger partial charge in [-0.15, -0.1) is 0 Å². The Morgan fingerprint density at radius 1 is 1.16 bits per heavy atom. The number of aromatic amines is 1. The van der Waals surface area contributed by atoms with Gasteiger partial charge in [-0.2, -0.15) is 0 Å². The van der Waals surface area contributed by atoms with Crippen molar-refractivity contribution in [2.24, 2.45) is 0 Å². The molecule has 3 rings (SSSR count). The number of H-pyrrole nitrogens is 1. The first-order chi connectivity index (χ1) is 9.22. The highest BCUT2D eigenvalue weighted by Crippen LogP contribution is 2.17. The topological polar surface area (TPSA) is 57.8 Å². The van der Waals surface area contributed by atoms with Crippen molar-refractivity contribution in [3.63, 3.8) is 0 Å². The van der Waals surface area contributed by atoms with E-state index in [2.05, 4.69) is 15.3 Å². The van der Waals surface area contributed by atoms with Gasteiger partial charge >= 0.3 is 0 Å². The highest BCUT2D eigenvalue weighted by Gasteiger charge is 2.11. The van der Waals surface area contributed by atoms with E-state index in [1.54, 1.807) is 18.2 Å². The highest BCUT2D eigenvalue weighted by molar-refractivity contribution is 6.31. The Hall–Kier alpha value is -2.33. The molecule has 0 unspecified atom stereocenters. The second-order valence-corrected chi connectivity index (χ2v) is 4.50. The Labute approximate surface area is 114 Å². The van der Waals surface area contributed by atoms with Crippen LogP contribution in [0.2, 0.25) is 5.02 Å². The van der Waals surface area contributed by atoms with Gasteiger partial charge in [0.25, 0.3) is 5.91 Å². The van der Waals surface area contributed by atoms with Gasteiger partial charge in [0.05, 0.1) is 11.0 Å². The SMILES string of the molecule is O=C(Nc1ccccc1)c1nc2ccc(Cl)cc2[nH]1. The number of amides is 1. The van der Waals surface area contributed by atoms with Crippen LogP contribution >= 0.6 is 11.6 Å². The standard InChI is InChI=1S/C14H10ClN3O/c15-9-6-7-11-12(8-9)18-13(17-11)14(19)16-10-4-2-1-3-5-10/h1-8H,(H,16,19)(H,17,18). The predicted molar refractivity (Wildman–Crippen MR) is 75.5 cm³/mol. The maximum Gasteiger partial charge on any atom is 0.291 e. The van der Waals surface area contributed by atoms with Crippen molar-refractivity contribution in [3.8, 4) is 0 Å². The van der Waals surface area contributed by atoms with Gasteiger partial charge in [-0.3, -0.25) is 4.79 Å². The lowest BCUT2D eigenvalue weighted by atomic mass is 10.3. The molecule has 1 aromatic heterocycles. The minimum absolute atomic E-state index is 0.265. The van der Waals surface area contributed by atoms with E-state index in [0.717, 1.165) is 11.2 Å². The largest absolute Gasteiger partial charge is 0.334 e. The van der Waals surface area contributed by atoms with Crippen LogP contribution < -0.4 is 5.32 Å². The minimum atomic E-state index is -0.279. The molecule has 2 aromatic carbocycles. The fourth-order valence-electron chi connectivity index (χ4n) is 1.80. The monoisotopic (exact) mass is 271 g/mol. The summed E-state index contributed by atoms with van der Waals surface area (Å²) in [5, 5.41) is 3.37. The summed E-state index contributed by atoms with van der Waals surface area (Å²) in [6.45, 7) is 0. The molecule has 5 heteroatoms. The van der Waals surface area contributed by atoms with Crippen molar-refractivity contribution >= 4 is 34.2 Å². The fourth-order valence-corrected chi connectivity index (χ4v) is 1.97. The van der Waals surface area contributed by atoms with Crippen LogP contribution in [0.1, 0.15) is 10.6 Å². The average Bonchev–Trinajstić information content (AvgIpc) is 2.83. The maximum atomic E-state index is 12.0. The number of benzene rings is 2. The molecule has 0 saturated carbocycles. The van der Waals surface area contributed by atoms with Gasteiger partial charge in [0.2, 0.25) is 0 Å². The summed E-state index contributed by atoms with van der Waals surface area (Å²) in [5.74, 6) is -0.0142. The van der Waals surface area contributed by atoms with E-state index in [1.807, 2.05) is 30.3 Å². The average molecular weight is 272 g/mol. The maximum absolute atomic E-state index is 12.0. The number of fused-ring (bicyclic) bond motifs is 1. The first kappa shape index (κ1) is 11.7. The fraction of sp³-hybridized carbons (Fsp3) is 0. The number of hydrogen-bond acceptors (Lipinski definition) is 2. The third-order valence-corrected chi connectivity index (χ3v) is 2.93. The zero-order valence-electron chi connectivity index (χ0n) is 9.85. The van der Waals surface area contributed by atoms with Crippen molar-refractivity contribution in [1.82, 2.24) is 9.97 Å². The second-order valence-electron chi connectivity index (χ2n) is 4.07. The summed E-state index contributed by atoms with van der Waals surface area (Å²) in [6, 6.07) is 14.5. The van der Waals surface area contributed by atoms with E-state index in [4.69, 9.17) is 11.6 Å². The molecule has 1 amide bonds. The van der Waals surface area contributed by atoms with E-state index in [-0.39, 0.29) is 11.7 Å². The third-order valence-electron chi connectivity index (χ3n) is 2.69. The van der Waals surface area contributed by atoms with Crippen molar-refractivity contribution in [3.05, 3.63) is 59.4 Å². The number of carbonyl (C=O) groups excluding carboxylic acids is 1. The van der Waals surface area contributed by atoms with Crippen LogP contribution in [0.15, 0.2) is 48.5 Å². The minimum Gasteiger partial charge on any atom is -0.334 e. The van der Waals surface area contributed by atoms with Crippen LogP contribution in [-0.2, 0) is 0 Å². The van der Waals surface area contributed by atoms with Gasteiger partial charge < -0.3 is 10.3 Å². The van der Waals surface area contributed by atoms with Crippen molar-refractivity contribution in [2.45, 2.75) is 0 Å². The lowest BCUT2D eigenvalue weighted by Gasteiger charge is -2.01. The molecule has 0 aliphatic rings. The number of imidazole rings is 1. The Kier molecular flexibility index (Phi) is 2.93. The Morgan fingerprint density at radius 2 is 1.95 bits per heavy atom. The smallest absolute Gasteiger partial charge is 0.291 e. The Bertz CT molecular complexity index is 737. The molecule has 0 fully saturated rings. The molecule has 0 spiro atoms. The number of carbonyl (C=O) groups is 1. The van der Waals surface area contributed by atoms with E-state index in [9.17, 15) is 4.79 Å². The van der Waals surface area contributed by atoms with E-state index < -0.39 is 0 Å². The van der Waals surface area contributed by atoms with Crippen molar-refractivity contribution in [2.75, 3.05) is 5.32 Å². The van der Waals surface area contributed by atoms with Crippen LogP contribution in [0.4, 0.5) is 5.69 Å². The molecule has 0 aliphatic carbocycles. The number of para-hydroxylation sites is 1. The van der Waals surface area contributed by atoms with Gasteiger partial charge in [-0.1, -0.05) is 29.8 Å². The van der Waals surface area contributed by atoms with Gasteiger partial charge in [0, 0.05) is 10.7 Å². The van der Waals surface area contributed by atoms with Crippen LogP contribution in [0.25, 0.3) is 11.0 Å². The van der Waals surface area contributed by atoms with Gasteiger partial charge in [0.15, 0.2) is 5.82 Å². The second kappa shape index (κ2) is 4.74. The number of nitrogens with one attached hydrogen (secondary N) is 2. The molecule has 19 heavy (non-hydrogen) atoms. The first-order valence-electron chi connectivity index (χ1n) is 5.74. The van der Waals surface area contributed by atoms with Gasteiger partial charge in [-0.05, 0) is 30.3 Å². The summed E-state index contributed by atoms with van der Waals surface area (Å²) in [7, 11) is 0. The molecule has 2 N–H and O–H groups in total. The Balaban J connectivity index is 1.89. The highest BCUT2D eigenvalue weighted by atomic mass is 35.5. The van der Waals surface area contributed by atoms with Crippen molar-refractivity contribution < 1.29 is 4.79 Å². The number of rotatable bonds is 2. The van der Waals surface area contributed by atoms with Crippen molar-refractivity contribution in [1.29, 1.82) is 0 Å². The van der Waals surface area contributed by atoms with Crippen LogP contribution in [-0.4, -0.2) is 15.9 Å². The van der Waals surface area contributed by atoms with Crippen LogP contribution in [0.3, 0.4) is 0 Å². The number of hydrogen-bond donors (Lipinski definition) is 2. The van der Waals surface area contributed by atoms with Crippen LogP contribution in [0.5, 0.6) is 0 Å². The third kappa shape index (κ3) is 2.44. The molecular weight excluding hydrogens is 262 g/mol. The van der Waals surface area contributed by atoms with E-state index in [0.29, 0.717) is 10.5 Å². The normalized spacial score (nSPS) is 10.6. The lowest BCUT2D eigenvalue weighted by Crippen LogP contribution is -2.13. The lowest BCUT2D eigenvalue weighted by molar-refractivity contribution is 0.101. The molecule has 0 atom stereocenters. The molecule has 0 saturated heterocycles. The number of anilines is 1. The summed E-state index contributed by atoms with van der Waals surface area (Å²) >= 11 is 5.89. The molecular formula is C14H10ClN3O. The molecule has 1 heterocycles. The van der Waals surface area contributed by atoms with Gasteiger partial charge in [-0.25, -0.2) is 4.98 Å². The number of nitrogens with zero attached hydrogens (tertiary/aromatic N) is 1. The summed E-state index contributed by atoms with van der Waals surface area (Å²) in [4.78, 5) is 19.2. The first-order valence-corrected chi connectivity index (χ1v) is 6.12. The zero-order valence-corrected chi connectivity index (χ0v) is 10.6.